The zero-order chi connectivity index (χ0) is 10.6. The molecular formula is C10H13NO3. The summed E-state index contributed by atoms with van der Waals surface area (Å²) in [7, 11) is 4.59. The Bertz CT molecular complexity index is 308. The van der Waals surface area contributed by atoms with Gasteiger partial charge in [0.25, 0.3) is 0 Å². The number of hydrogen-bond acceptors (Lipinski definition) is 3. The SMILES string of the molecule is COC(=O)N(C)c1ccc(OC)cc1. The molecule has 76 valence electrons. The molecule has 0 aliphatic heterocycles. The molecule has 1 rings (SSSR count). The maximum Gasteiger partial charge on any atom is 0.413 e. The normalized spacial score (nSPS) is 9.36. The van der Waals surface area contributed by atoms with Gasteiger partial charge in [-0.25, -0.2) is 4.79 Å². The quantitative estimate of drug-likeness (QED) is 0.723. The Morgan fingerprint density at radius 3 is 2.21 bits per heavy atom. The Labute approximate surface area is 83.0 Å². The number of anilines is 1. The van der Waals surface area contributed by atoms with Crippen LogP contribution in [0.2, 0.25) is 0 Å². The zero-order valence-corrected chi connectivity index (χ0v) is 8.48. The average molecular weight is 195 g/mol. The molecule has 0 fully saturated rings. The molecular weight excluding hydrogens is 182 g/mol. The third kappa shape index (κ3) is 2.16. The number of ether oxygens (including phenoxy) is 2. The van der Waals surface area contributed by atoms with Crippen LogP contribution in [0.25, 0.3) is 0 Å². The van der Waals surface area contributed by atoms with E-state index >= 15 is 0 Å². The Morgan fingerprint density at radius 1 is 1.21 bits per heavy atom. The van der Waals surface area contributed by atoms with E-state index in [1.54, 1.807) is 38.4 Å². The lowest BCUT2D eigenvalue weighted by Gasteiger charge is -2.15. The summed E-state index contributed by atoms with van der Waals surface area (Å²) < 4.78 is 9.58. The van der Waals surface area contributed by atoms with Crippen LogP contribution in [0.5, 0.6) is 5.75 Å². The minimum Gasteiger partial charge on any atom is -0.497 e. The predicted octanol–water partition coefficient (Wildman–Crippen LogP) is 1.90. The van der Waals surface area contributed by atoms with Crippen molar-refractivity contribution in [3.05, 3.63) is 24.3 Å². The smallest absolute Gasteiger partial charge is 0.413 e. The Kier molecular flexibility index (Phi) is 3.34. The highest BCUT2D eigenvalue weighted by molar-refractivity contribution is 5.86. The van der Waals surface area contributed by atoms with E-state index in [1.807, 2.05) is 0 Å². The van der Waals surface area contributed by atoms with Crippen LogP contribution in [0.4, 0.5) is 10.5 Å². The molecule has 0 saturated heterocycles. The first-order valence-electron chi connectivity index (χ1n) is 4.14. The van der Waals surface area contributed by atoms with Crippen LogP contribution in [0.1, 0.15) is 0 Å². The second-order valence-corrected chi connectivity index (χ2v) is 2.73. The molecule has 14 heavy (non-hydrogen) atoms. The first kappa shape index (κ1) is 10.4. The van der Waals surface area contributed by atoms with Gasteiger partial charge < -0.3 is 9.47 Å². The molecule has 4 heteroatoms. The van der Waals surface area contributed by atoms with Crippen LogP contribution in [0.15, 0.2) is 24.3 Å². The lowest BCUT2D eigenvalue weighted by molar-refractivity contribution is 0.180. The van der Waals surface area contributed by atoms with E-state index in [2.05, 4.69) is 4.74 Å². The van der Waals surface area contributed by atoms with Crippen molar-refractivity contribution in [3.8, 4) is 5.75 Å². The van der Waals surface area contributed by atoms with Crippen molar-refractivity contribution in [1.82, 2.24) is 0 Å². The monoisotopic (exact) mass is 195 g/mol. The molecule has 0 heterocycles. The minimum atomic E-state index is -0.393. The summed E-state index contributed by atoms with van der Waals surface area (Å²) in [6, 6.07) is 7.15. The van der Waals surface area contributed by atoms with Crippen LogP contribution in [0.3, 0.4) is 0 Å². The van der Waals surface area contributed by atoms with Gasteiger partial charge in [-0.15, -0.1) is 0 Å². The Hall–Kier alpha value is -1.71. The summed E-state index contributed by atoms with van der Waals surface area (Å²) in [6.07, 6.45) is -0.393. The maximum absolute atomic E-state index is 11.1. The molecule has 0 spiro atoms. The molecule has 1 amide bonds. The minimum absolute atomic E-state index is 0.393. The standard InChI is InChI=1S/C10H13NO3/c1-11(10(12)14-3)8-4-6-9(13-2)7-5-8/h4-7H,1-3H3. The Morgan fingerprint density at radius 2 is 1.79 bits per heavy atom. The molecule has 0 radical (unpaired) electrons. The fourth-order valence-corrected chi connectivity index (χ4v) is 1.05. The summed E-state index contributed by atoms with van der Waals surface area (Å²) >= 11 is 0. The van der Waals surface area contributed by atoms with Gasteiger partial charge in [0.05, 0.1) is 14.2 Å². The molecule has 0 unspecified atom stereocenters. The third-order valence-corrected chi connectivity index (χ3v) is 1.91. The van der Waals surface area contributed by atoms with E-state index in [0.717, 1.165) is 11.4 Å². The molecule has 0 aliphatic rings. The summed E-state index contributed by atoms with van der Waals surface area (Å²) in [6.45, 7) is 0. The highest BCUT2D eigenvalue weighted by atomic mass is 16.5. The largest absolute Gasteiger partial charge is 0.497 e. The molecule has 4 nitrogen and oxygen atoms in total. The van der Waals surface area contributed by atoms with Gasteiger partial charge in [0.15, 0.2) is 0 Å². The second-order valence-electron chi connectivity index (χ2n) is 2.73. The van der Waals surface area contributed by atoms with Crippen molar-refractivity contribution < 1.29 is 14.3 Å². The molecule has 1 aromatic rings. The van der Waals surface area contributed by atoms with E-state index in [4.69, 9.17) is 4.74 Å². The summed E-state index contributed by atoms with van der Waals surface area (Å²) in [4.78, 5) is 12.6. The van der Waals surface area contributed by atoms with Crippen molar-refractivity contribution in [3.63, 3.8) is 0 Å². The lowest BCUT2D eigenvalue weighted by Crippen LogP contribution is -2.25. The molecule has 0 atom stereocenters. The van der Waals surface area contributed by atoms with Gasteiger partial charge in [-0.2, -0.15) is 0 Å². The number of nitrogens with zero attached hydrogens (tertiary/aromatic N) is 1. The third-order valence-electron chi connectivity index (χ3n) is 1.91. The van der Waals surface area contributed by atoms with Crippen molar-refractivity contribution in [1.29, 1.82) is 0 Å². The number of methoxy groups -OCH3 is 2. The van der Waals surface area contributed by atoms with Gasteiger partial charge >= 0.3 is 6.09 Å². The Balaban J connectivity index is 2.81. The molecule has 0 bridgehead atoms. The van der Waals surface area contributed by atoms with Crippen molar-refractivity contribution >= 4 is 11.8 Å². The molecule has 0 aromatic heterocycles. The summed E-state index contributed by atoms with van der Waals surface area (Å²) in [5, 5.41) is 0. The summed E-state index contributed by atoms with van der Waals surface area (Å²) in [5.41, 5.74) is 0.762. The van der Waals surface area contributed by atoms with E-state index in [9.17, 15) is 4.79 Å². The number of rotatable bonds is 2. The zero-order valence-electron chi connectivity index (χ0n) is 8.48. The van der Waals surface area contributed by atoms with Crippen LogP contribution >= 0.6 is 0 Å². The first-order valence-corrected chi connectivity index (χ1v) is 4.14. The summed E-state index contributed by atoms with van der Waals surface area (Å²) in [5.74, 6) is 0.756. The van der Waals surface area contributed by atoms with E-state index in [-0.39, 0.29) is 0 Å². The van der Waals surface area contributed by atoms with Crippen LogP contribution in [-0.4, -0.2) is 27.4 Å². The number of amides is 1. The van der Waals surface area contributed by atoms with Gasteiger partial charge in [-0.1, -0.05) is 0 Å². The predicted molar refractivity (Wildman–Crippen MR) is 53.8 cm³/mol. The maximum atomic E-state index is 11.1. The van der Waals surface area contributed by atoms with E-state index in [1.165, 1.54) is 12.0 Å². The highest BCUT2D eigenvalue weighted by Gasteiger charge is 2.09. The fourth-order valence-electron chi connectivity index (χ4n) is 1.05. The van der Waals surface area contributed by atoms with Gasteiger partial charge in [-0.3, -0.25) is 4.90 Å². The average Bonchev–Trinajstić information content (AvgIpc) is 2.27. The van der Waals surface area contributed by atoms with E-state index < -0.39 is 6.09 Å². The second kappa shape index (κ2) is 4.50. The molecule has 0 saturated carbocycles. The topological polar surface area (TPSA) is 38.8 Å². The van der Waals surface area contributed by atoms with Crippen LogP contribution < -0.4 is 9.64 Å². The molecule has 0 aliphatic carbocycles. The number of carbonyl (C=O) groups is 1. The van der Waals surface area contributed by atoms with Crippen LogP contribution in [0, 0.1) is 0 Å². The lowest BCUT2D eigenvalue weighted by atomic mass is 10.3. The van der Waals surface area contributed by atoms with Crippen molar-refractivity contribution in [2.45, 2.75) is 0 Å². The highest BCUT2D eigenvalue weighted by Crippen LogP contribution is 2.18. The first-order chi connectivity index (χ1) is 6.69. The van der Waals surface area contributed by atoms with Crippen LogP contribution in [-0.2, 0) is 4.74 Å². The molecule has 0 N–H and O–H groups in total. The molecule has 1 aromatic carbocycles. The van der Waals surface area contributed by atoms with Gasteiger partial charge in [-0.05, 0) is 24.3 Å². The van der Waals surface area contributed by atoms with Gasteiger partial charge in [0, 0.05) is 12.7 Å². The van der Waals surface area contributed by atoms with Gasteiger partial charge in [0.1, 0.15) is 5.75 Å². The van der Waals surface area contributed by atoms with Crippen molar-refractivity contribution in [2.24, 2.45) is 0 Å². The fraction of sp³-hybridized carbons (Fsp3) is 0.300. The van der Waals surface area contributed by atoms with E-state index in [0.29, 0.717) is 0 Å². The number of benzene rings is 1. The number of hydrogen-bond donors (Lipinski definition) is 0. The number of carbonyl (C=O) groups excluding carboxylic acids is 1. The van der Waals surface area contributed by atoms with Gasteiger partial charge in [0.2, 0.25) is 0 Å². The van der Waals surface area contributed by atoms with Crippen molar-refractivity contribution in [2.75, 3.05) is 26.2 Å².